The minimum atomic E-state index is -0.936. The second-order valence-electron chi connectivity index (χ2n) is 4.45. The number of nitrogens with two attached hydrogens (primary N) is 1. The highest BCUT2D eigenvalue weighted by molar-refractivity contribution is 7.85. The highest BCUT2D eigenvalue weighted by atomic mass is 32.2. The Balaban J connectivity index is 2.44. The van der Waals surface area contributed by atoms with E-state index in [9.17, 15) is 4.21 Å². The molecule has 17 heavy (non-hydrogen) atoms. The van der Waals surface area contributed by atoms with E-state index < -0.39 is 10.8 Å². The summed E-state index contributed by atoms with van der Waals surface area (Å²) >= 11 is 0. The van der Waals surface area contributed by atoms with Crippen molar-refractivity contribution in [1.82, 2.24) is 0 Å². The number of rotatable bonds is 7. The third-order valence-corrected chi connectivity index (χ3v) is 4.47. The van der Waals surface area contributed by atoms with Gasteiger partial charge < -0.3 is 5.73 Å². The number of hydrogen-bond acceptors (Lipinski definition) is 2. The molecule has 0 aliphatic heterocycles. The Bertz CT molecular complexity index is 376. The molecular formula is C14H23NOS. The molecule has 1 aromatic rings. The largest absolute Gasteiger partial charge is 0.398 e. The highest BCUT2D eigenvalue weighted by Crippen LogP contribution is 2.21. The minimum absolute atomic E-state index is 0.694. The summed E-state index contributed by atoms with van der Waals surface area (Å²) in [5.41, 5.74) is 7.65. The Labute approximate surface area is 107 Å². The van der Waals surface area contributed by atoms with Gasteiger partial charge in [-0.25, -0.2) is 0 Å². The number of nitrogen functional groups attached to an aromatic ring is 1. The van der Waals surface area contributed by atoms with Gasteiger partial charge >= 0.3 is 0 Å². The Kier molecular flexibility index (Phi) is 6.27. The Morgan fingerprint density at radius 3 is 2.59 bits per heavy atom. The summed E-state index contributed by atoms with van der Waals surface area (Å²) in [5, 5.41) is 0. The van der Waals surface area contributed by atoms with Gasteiger partial charge in [-0.15, -0.1) is 0 Å². The number of anilines is 1. The van der Waals surface area contributed by atoms with Gasteiger partial charge in [0.1, 0.15) is 0 Å². The van der Waals surface area contributed by atoms with E-state index in [0.29, 0.717) is 5.69 Å². The number of para-hydroxylation sites is 1. The van der Waals surface area contributed by atoms with Crippen LogP contribution in [0.2, 0.25) is 0 Å². The summed E-state index contributed by atoms with van der Waals surface area (Å²) in [5.74, 6) is 0.733. The van der Waals surface area contributed by atoms with Crippen molar-refractivity contribution in [2.75, 3.05) is 11.5 Å². The van der Waals surface area contributed by atoms with Crippen LogP contribution in [0.15, 0.2) is 23.1 Å². The van der Waals surface area contributed by atoms with Crippen molar-refractivity contribution in [2.45, 2.75) is 50.8 Å². The Morgan fingerprint density at radius 2 is 1.88 bits per heavy atom. The maximum Gasteiger partial charge on any atom is 0.0620 e. The monoisotopic (exact) mass is 253 g/mol. The first kappa shape index (κ1) is 14.2. The van der Waals surface area contributed by atoms with Crippen molar-refractivity contribution >= 4 is 16.5 Å². The quantitative estimate of drug-likeness (QED) is 0.595. The lowest BCUT2D eigenvalue weighted by Crippen LogP contribution is -2.03. The fourth-order valence-corrected chi connectivity index (χ4v) is 3.12. The molecule has 3 heteroatoms. The predicted molar refractivity (Wildman–Crippen MR) is 75.6 cm³/mol. The molecule has 1 rings (SSSR count). The first-order valence-electron chi connectivity index (χ1n) is 6.40. The van der Waals surface area contributed by atoms with E-state index in [1.165, 1.54) is 25.7 Å². The molecule has 0 saturated carbocycles. The lowest BCUT2D eigenvalue weighted by Gasteiger charge is -2.07. The summed E-state index contributed by atoms with van der Waals surface area (Å²) in [7, 11) is -0.936. The molecule has 0 amide bonds. The topological polar surface area (TPSA) is 43.1 Å². The molecule has 2 N–H and O–H groups in total. The smallest absolute Gasteiger partial charge is 0.0620 e. The van der Waals surface area contributed by atoms with Gasteiger partial charge in [-0.3, -0.25) is 4.21 Å². The Hall–Kier alpha value is -0.830. The normalized spacial score (nSPS) is 12.6. The van der Waals surface area contributed by atoms with Crippen LogP contribution < -0.4 is 5.73 Å². The molecule has 0 fully saturated rings. The van der Waals surface area contributed by atoms with E-state index in [4.69, 9.17) is 5.73 Å². The second-order valence-corrected chi connectivity index (χ2v) is 5.99. The lowest BCUT2D eigenvalue weighted by atomic mass is 10.2. The van der Waals surface area contributed by atoms with Crippen LogP contribution >= 0.6 is 0 Å². The molecular weight excluding hydrogens is 230 g/mol. The van der Waals surface area contributed by atoms with Crippen LogP contribution in [0.1, 0.15) is 44.6 Å². The van der Waals surface area contributed by atoms with Gasteiger partial charge in [-0.2, -0.15) is 0 Å². The van der Waals surface area contributed by atoms with Crippen molar-refractivity contribution in [1.29, 1.82) is 0 Å². The first-order chi connectivity index (χ1) is 8.16. The van der Waals surface area contributed by atoms with Crippen LogP contribution in [-0.2, 0) is 10.8 Å². The molecule has 0 saturated heterocycles. The number of unbranched alkanes of at least 4 members (excludes halogenated alkanes) is 4. The zero-order valence-electron chi connectivity index (χ0n) is 10.9. The standard InChI is InChI=1S/C14H23NOS/c1-3-4-5-6-7-11-17(16)13-10-8-9-12(2)14(13)15/h8-10H,3-7,11,15H2,1-2H3. The molecule has 0 spiro atoms. The highest BCUT2D eigenvalue weighted by Gasteiger charge is 2.08. The predicted octanol–water partition coefficient (Wildman–Crippen LogP) is 3.66. The van der Waals surface area contributed by atoms with E-state index in [2.05, 4.69) is 6.92 Å². The number of benzene rings is 1. The molecule has 1 unspecified atom stereocenters. The van der Waals surface area contributed by atoms with E-state index in [0.717, 1.165) is 22.6 Å². The van der Waals surface area contributed by atoms with E-state index in [1.807, 2.05) is 25.1 Å². The molecule has 0 aliphatic carbocycles. The number of hydrogen-bond donors (Lipinski definition) is 1. The van der Waals surface area contributed by atoms with Gasteiger partial charge in [0.15, 0.2) is 0 Å². The van der Waals surface area contributed by atoms with Crippen molar-refractivity contribution < 1.29 is 4.21 Å². The van der Waals surface area contributed by atoms with Crippen LogP contribution in [0.5, 0.6) is 0 Å². The summed E-state index contributed by atoms with van der Waals surface area (Å²) < 4.78 is 12.1. The average Bonchev–Trinajstić information content (AvgIpc) is 2.32. The van der Waals surface area contributed by atoms with Gasteiger partial charge in [0.05, 0.1) is 21.4 Å². The first-order valence-corrected chi connectivity index (χ1v) is 7.72. The molecule has 0 aromatic heterocycles. The number of aryl methyl sites for hydroxylation is 1. The third kappa shape index (κ3) is 4.50. The zero-order valence-corrected chi connectivity index (χ0v) is 11.7. The van der Waals surface area contributed by atoms with Crippen LogP contribution in [0.25, 0.3) is 0 Å². The minimum Gasteiger partial charge on any atom is -0.398 e. The molecule has 0 heterocycles. The maximum absolute atomic E-state index is 12.1. The molecule has 0 aliphatic rings. The lowest BCUT2D eigenvalue weighted by molar-refractivity contribution is 0.647. The van der Waals surface area contributed by atoms with Crippen molar-refractivity contribution in [2.24, 2.45) is 0 Å². The maximum atomic E-state index is 12.1. The van der Waals surface area contributed by atoms with Crippen LogP contribution in [0.4, 0.5) is 5.69 Å². The van der Waals surface area contributed by atoms with Gasteiger partial charge in [-0.05, 0) is 25.0 Å². The van der Waals surface area contributed by atoms with Crippen LogP contribution in [0.3, 0.4) is 0 Å². The molecule has 96 valence electrons. The van der Waals surface area contributed by atoms with Crippen molar-refractivity contribution in [3.8, 4) is 0 Å². The van der Waals surface area contributed by atoms with E-state index >= 15 is 0 Å². The summed E-state index contributed by atoms with van der Waals surface area (Å²) in [6, 6.07) is 5.76. The van der Waals surface area contributed by atoms with Gasteiger partial charge in [-0.1, -0.05) is 44.7 Å². The van der Waals surface area contributed by atoms with E-state index in [1.54, 1.807) is 0 Å². The fraction of sp³-hybridized carbons (Fsp3) is 0.571. The van der Waals surface area contributed by atoms with Gasteiger partial charge in [0.2, 0.25) is 0 Å². The van der Waals surface area contributed by atoms with Gasteiger partial charge in [0.25, 0.3) is 0 Å². The average molecular weight is 253 g/mol. The summed E-state index contributed by atoms with van der Waals surface area (Å²) in [4.78, 5) is 0.806. The molecule has 1 aromatic carbocycles. The fourth-order valence-electron chi connectivity index (χ4n) is 1.80. The molecule has 0 bridgehead atoms. The van der Waals surface area contributed by atoms with Crippen molar-refractivity contribution in [3.05, 3.63) is 23.8 Å². The summed E-state index contributed by atoms with van der Waals surface area (Å²) in [6.45, 7) is 4.16. The second kappa shape index (κ2) is 7.49. The van der Waals surface area contributed by atoms with Crippen LogP contribution in [0, 0.1) is 6.92 Å². The molecule has 1 atom stereocenters. The molecule has 2 nitrogen and oxygen atoms in total. The van der Waals surface area contributed by atoms with E-state index in [-0.39, 0.29) is 0 Å². The van der Waals surface area contributed by atoms with Gasteiger partial charge in [0, 0.05) is 5.75 Å². The Morgan fingerprint density at radius 1 is 1.18 bits per heavy atom. The molecule has 0 radical (unpaired) electrons. The zero-order chi connectivity index (χ0) is 12.7. The third-order valence-electron chi connectivity index (χ3n) is 2.96. The SMILES string of the molecule is CCCCCCCS(=O)c1cccc(C)c1N. The van der Waals surface area contributed by atoms with Crippen molar-refractivity contribution in [3.63, 3.8) is 0 Å². The van der Waals surface area contributed by atoms with Crippen LogP contribution in [-0.4, -0.2) is 9.96 Å². The summed E-state index contributed by atoms with van der Waals surface area (Å²) in [6.07, 6.45) is 5.97.